The van der Waals surface area contributed by atoms with Crippen LogP contribution in [0.25, 0.3) is 0 Å². The van der Waals surface area contributed by atoms with E-state index in [2.05, 4.69) is 15.3 Å². The second kappa shape index (κ2) is 6.25. The van der Waals surface area contributed by atoms with Gasteiger partial charge in [0.2, 0.25) is 0 Å². The molecule has 0 saturated carbocycles. The molecular weight excluding hydrogens is 278 g/mol. The van der Waals surface area contributed by atoms with Gasteiger partial charge in [-0.05, 0) is 18.6 Å². The lowest BCUT2D eigenvalue weighted by atomic mass is 10.2. The van der Waals surface area contributed by atoms with E-state index in [4.69, 9.17) is 5.11 Å². The highest BCUT2D eigenvalue weighted by molar-refractivity contribution is 7.09. The molecule has 0 fully saturated rings. The molecule has 7 heteroatoms. The number of carboxylic acids is 1. The minimum Gasteiger partial charge on any atom is -0.477 e. The molecule has 0 spiro atoms. The summed E-state index contributed by atoms with van der Waals surface area (Å²) >= 11 is 1.46. The third-order valence-corrected chi connectivity index (χ3v) is 3.55. The summed E-state index contributed by atoms with van der Waals surface area (Å²) in [5.74, 6) is -1.57. The van der Waals surface area contributed by atoms with Crippen molar-refractivity contribution in [2.75, 3.05) is 0 Å². The Morgan fingerprint density at radius 1 is 1.40 bits per heavy atom. The number of aromatic nitrogens is 2. The highest BCUT2D eigenvalue weighted by Gasteiger charge is 2.17. The molecule has 0 aliphatic carbocycles. The maximum absolute atomic E-state index is 12.1. The van der Waals surface area contributed by atoms with Crippen molar-refractivity contribution in [2.24, 2.45) is 0 Å². The minimum absolute atomic E-state index is 0.0832. The standard InChI is InChI=1S/C13H13N3O3S/c1-2-8(12-14-6-7-20-12)16-11(17)9-4-3-5-10(15-9)13(18)19/h3-8H,2H2,1H3,(H,16,17)(H,18,19). The van der Waals surface area contributed by atoms with E-state index in [-0.39, 0.29) is 17.4 Å². The van der Waals surface area contributed by atoms with Crippen LogP contribution in [-0.4, -0.2) is 27.0 Å². The highest BCUT2D eigenvalue weighted by atomic mass is 32.1. The molecule has 20 heavy (non-hydrogen) atoms. The number of aromatic carboxylic acids is 1. The lowest BCUT2D eigenvalue weighted by Gasteiger charge is -2.14. The van der Waals surface area contributed by atoms with Crippen LogP contribution in [0.1, 0.15) is 45.4 Å². The van der Waals surface area contributed by atoms with Crippen molar-refractivity contribution in [1.82, 2.24) is 15.3 Å². The van der Waals surface area contributed by atoms with E-state index >= 15 is 0 Å². The van der Waals surface area contributed by atoms with Gasteiger partial charge in [0.1, 0.15) is 16.4 Å². The van der Waals surface area contributed by atoms with Crippen molar-refractivity contribution in [2.45, 2.75) is 19.4 Å². The fraction of sp³-hybridized carbons (Fsp3) is 0.231. The Morgan fingerprint density at radius 3 is 2.75 bits per heavy atom. The van der Waals surface area contributed by atoms with Gasteiger partial charge in [0.05, 0.1) is 6.04 Å². The maximum Gasteiger partial charge on any atom is 0.354 e. The number of hydrogen-bond donors (Lipinski definition) is 2. The summed E-state index contributed by atoms with van der Waals surface area (Å²) in [6.45, 7) is 1.94. The van der Waals surface area contributed by atoms with Crippen LogP contribution < -0.4 is 5.32 Å². The molecule has 1 unspecified atom stereocenters. The van der Waals surface area contributed by atoms with Crippen LogP contribution in [0.3, 0.4) is 0 Å². The first-order chi connectivity index (χ1) is 9.61. The predicted molar refractivity (Wildman–Crippen MR) is 73.8 cm³/mol. The molecule has 1 atom stereocenters. The van der Waals surface area contributed by atoms with Crippen LogP contribution in [-0.2, 0) is 0 Å². The van der Waals surface area contributed by atoms with Crippen LogP contribution in [0, 0.1) is 0 Å². The van der Waals surface area contributed by atoms with Gasteiger partial charge in [-0.25, -0.2) is 14.8 Å². The Balaban J connectivity index is 2.15. The van der Waals surface area contributed by atoms with Gasteiger partial charge in [0, 0.05) is 11.6 Å². The normalized spacial score (nSPS) is 11.8. The Morgan fingerprint density at radius 2 is 2.15 bits per heavy atom. The van der Waals surface area contributed by atoms with E-state index < -0.39 is 11.9 Å². The van der Waals surface area contributed by atoms with Crippen LogP contribution in [0.5, 0.6) is 0 Å². The number of pyridine rings is 1. The maximum atomic E-state index is 12.1. The number of hydrogen-bond acceptors (Lipinski definition) is 5. The molecule has 0 saturated heterocycles. The number of carbonyl (C=O) groups excluding carboxylic acids is 1. The molecule has 1 amide bonds. The molecule has 6 nitrogen and oxygen atoms in total. The SMILES string of the molecule is CCC(NC(=O)c1cccc(C(=O)O)n1)c1nccs1. The summed E-state index contributed by atoms with van der Waals surface area (Å²) in [6, 6.07) is 4.13. The van der Waals surface area contributed by atoms with E-state index in [0.717, 1.165) is 5.01 Å². The third kappa shape index (κ3) is 3.18. The van der Waals surface area contributed by atoms with E-state index in [9.17, 15) is 9.59 Å². The van der Waals surface area contributed by atoms with Crippen molar-refractivity contribution < 1.29 is 14.7 Å². The molecule has 0 radical (unpaired) electrons. The molecule has 0 aromatic carbocycles. The second-order valence-electron chi connectivity index (χ2n) is 4.02. The molecule has 2 heterocycles. The number of thiazole rings is 1. The van der Waals surface area contributed by atoms with E-state index in [0.29, 0.717) is 6.42 Å². The van der Waals surface area contributed by atoms with Gasteiger partial charge in [0.15, 0.2) is 0 Å². The fourth-order valence-corrected chi connectivity index (χ4v) is 2.43. The molecule has 2 aromatic rings. The number of carboxylic acid groups (broad SMARTS) is 1. The molecule has 104 valence electrons. The predicted octanol–water partition coefficient (Wildman–Crippen LogP) is 2.12. The van der Waals surface area contributed by atoms with Crippen molar-refractivity contribution >= 4 is 23.2 Å². The van der Waals surface area contributed by atoms with Crippen LogP contribution in [0.15, 0.2) is 29.8 Å². The van der Waals surface area contributed by atoms with E-state index in [1.807, 2.05) is 12.3 Å². The Hall–Kier alpha value is -2.28. The molecule has 2 N–H and O–H groups in total. The first-order valence-electron chi connectivity index (χ1n) is 6.02. The Kier molecular flexibility index (Phi) is 4.41. The fourth-order valence-electron chi connectivity index (χ4n) is 1.66. The van der Waals surface area contributed by atoms with Crippen LogP contribution >= 0.6 is 11.3 Å². The van der Waals surface area contributed by atoms with Crippen LogP contribution in [0.4, 0.5) is 0 Å². The molecule has 2 rings (SSSR count). The van der Waals surface area contributed by atoms with E-state index in [1.165, 1.54) is 29.5 Å². The summed E-state index contributed by atoms with van der Waals surface area (Å²) in [5, 5.41) is 14.3. The van der Waals surface area contributed by atoms with Crippen molar-refractivity contribution in [3.05, 3.63) is 46.2 Å². The van der Waals surface area contributed by atoms with Gasteiger partial charge in [-0.3, -0.25) is 4.79 Å². The average molecular weight is 291 g/mol. The molecular formula is C13H13N3O3S. The monoisotopic (exact) mass is 291 g/mol. The van der Waals surface area contributed by atoms with Gasteiger partial charge >= 0.3 is 5.97 Å². The molecule has 0 bridgehead atoms. The summed E-state index contributed by atoms with van der Waals surface area (Å²) in [7, 11) is 0. The Bertz CT molecular complexity index is 613. The van der Waals surface area contributed by atoms with Crippen molar-refractivity contribution in [1.29, 1.82) is 0 Å². The average Bonchev–Trinajstić information content (AvgIpc) is 2.98. The number of rotatable bonds is 5. The number of amides is 1. The molecule has 0 aliphatic rings. The van der Waals surface area contributed by atoms with Gasteiger partial charge < -0.3 is 10.4 Å². The van der Waals surface area contributed by atoms with E-state index in [1.54, 1.807) is 6.20 Å². The zero-order valence-electron chi connectivity index (χ0n) is 10.7. The van der Waals surface area contributed by atoms with Crippen molar-refractivity contribution in [3.63, 3.8) is 0 Å². The zero-order valence-corrected chi connectivity index (χ0v) is 11.6. The van der Waals surface area contributed by atoms with Gasteiger partial charge in [0.25, 0.3) is 5.91 Å². The number of nitrogens with zero attached hydrogens (tertiary/aromatic N) is 2. The van der Waals surface area contributed by atoms with Gasteiger partial charge in [-0.15, -0.1) is 11.3 Å². The number of carbonyl (C=O) groups is 2. The zero-order chi connectivity index (χ0) is 14.5. The van der Waals surface area contributed by atoms with Crippen LogP contribution in [0.2, 0.25) is 0 Å². The minimum atomic E-state index is -1.16. The highest BCUT2D eigenvalue weighted by Crippen LogP contribution is 2.19. The summed E-state index contributed by atoms with van der Waals surface area (Å²) in [4.78, 5) is 30.9. The second-order valence-corrected chi connectivity index (χ2v) is 4.94. The van der Waals surface area contributed by atoms with Gasteiger partial charge in [-0.2, -0.15) is 0 Å². The topological polar surface area (TPSA) is 92.2 Å². The third-order valence-electron chi connectivity index (χ3n) is 2.66. The smallest absolute Gasteiger partial charge is 0.354 e. The van der Waals surface area contributed by atoms with Crippen molar-refractivity contribution in [3.8, 4) is 0 Å². The first-order valence-corrected chi connectivity index (χ1v) is 6.90. The summed E-state index contributed by atoms with van der Waals surface area (Å²) in [6.07, 6.45) is 2.37. The first kappa shape index (κ1) is 14.1. The lowest BCUT2D eigenvalue weighted by molar-refractivity contribution is 0.0690. The summed E-state index contributed by atoms with van der Waals surface area (Å²) < 4.78 is 0. The molecule has 0 aliphatic heterocycles. The largest absolute Gasteiger partial charge is 0.477 e. The lowest BCUT2D eigenvalue weighted by Crippen LogP contribution is -2.29. The quantitative estimate of drug-likeness (QED) is 0.880. The summed E-state index contributed by atoms with van der Waals surface area (Å²) in [5.41, 5.74) is -0.0696. The Labute approximate surface area is 119 Å². The van der Waals surface area contributed by atoms with Gasteiger partial charge in [-0.1, -0.05) is 13.0 Å². The number of nitrogens with one attached hydrogen (secondary N) is 1. The molecule has 2 aromatic heterocycles.